The first-order valence-electron chi connectivity index (χ1n) is 9.05. The Morgan fingerprint density at radius 2 is 2.00 bits per heavy atom. The summed E-state index contributed by atoms with van der Waals surface area (Å²) >= 11 is 7.08. The molecule has 2 aromatic carbocycles. The number of benzene rings is 2. The van der Waals surface area contributed by atoms with Gasteiger partial charge in [0.15, 0.2) is 16.7 Å². The first-order chi connectivity index (χ1) is 14.4. The Morgan fingerprint density at radius 3 is 2.67 bits per heavy atom. The molecule has 0 aromatic heterocycles. The van der Waals surface area contributed by atoms with E-state index in [1.807, 2.05) is 0 Å². The molecule has 1 fully saturated rings. The Hall–Kier alpha value is -2.97. The number of hydrogen-bond acceptors (Lipinski definition) is 7. The van der Waals surface area contributed by atoms with E-state index in [0.717, 1.165) is 0 Å². The third-order valence-corrected chi connectivity index (χ3v) is 5.07. The summed E-state index contributed by atoms with van der Waals surface area (Å²) in [6, 6.07) is 11.9. The van der Waals surface area contributed by atoms with E-state index in [9.17, 15) is 14.7 Å². The van der Waals surface area contributed by atoms with Gasteiger partial charge in [-0.05, 0) is 73.6 Å². The number of nitrogens with zero attached hydrogens (tertiary/aromatic N) is 1. The van der Waals surface area contributed by atoms with Crippen LogP contribution >= 0.6 is 23.4 Å². The predicted molar refractivity (Wildman–Crippen MR) is 115 cm³/mol. The molecule has 1 amide bonds. The number of amides is 1. The van der Waals surface area contributed by atoms with Gasteiger partial charge in [0.25, 0.3) is 5.91 Å². The summed E-state index contributed by atoms with van der Waals surface area (Å²) in [5.41, 5.74) is 1.36. The average Bonchev–Trinajstić information content (AvgIpc) is 3.04. The van der Waals surface area contributed by atoms with Gasteiger partial charge in [0.05, 0.1) is 23.2 Å². The van der Waals surface area contributed by atoms with Crippen molar-refractivity contribution in [3.8, 4) is 11.5 Å². The molecule has 30 heavy (non-hydrogen) atoms. The molecule has 3 rings (SSSR count). The predicted octanol–water partition coefficient (Wildman–Crippen LogP) is 3.15. The SMILES string of the molecule is CCOc1cc(/C=C2/SC(=Nc3ccc(Cl)cc3)NC2=O)ccc1O[C@@H](C)C(=O)[O-]. The number of carbonyl (C=O) groups excluding carboxylic acids is 2. The summed E-state index contributed by atoms with van der Waals surface area (Å²) in [5.74, 6) is -0.936. The molecule has 0 saturated carbocycles. The molecule has 0 radical (unpaired) electrons. The first kappa shape index (κ1) is 21.7. The van der Waals surface area contributed by atoms with E-state index in [4.69, 9.17) is 21.1 Å². The molecular weight excluding hydrogens is 428 g/mol. The van der Waals surface area contributed by atoms with Gasteiger partial charge in [-0.15, -0.1) is 0 Å². The highest BCUT2D eigenvalue weighted by molar-refractivity contribution is 8.18. The molecule has 2 aromatic rings. The van der Waals surface area contributed by atoms with Crippen LogP contribution in [0.15, 0.2) is 52.4 Å². The standard InChI is InChI=1S/C21H19ClN2O5S/c1-3-28-17-10-13(4-9-16(17)29-12(2)20(26)27)11-18-19(25)24-21(30-18)23-15-7-5-14(22)6-8-15/h4-12H,3H2,1-2H3,(H,26,27)(H,23,24,25)/p-1/b18-11+/t12-/m0/s1. The van der Waals surface area contributed by atoms with Gasteiger partial charge >= 0.3 is 0 Å². The highest BCUT2D eigenvalue weighted by atomic mass is 35.5. The maximum atomic E-state index is 12.3. The lowest BCUT2D eigenvalue weighted by Gasteiger charge is -2.18. The van der Waals surface area contributed by atoms with Crippen LogP contribution in [0.25, 0.3) is 6.08 Å². The van der Waals surface area contributed by atoms with Gasteiger partial charge in [0, 0.05) is 5.02 Å². The molecule has 156 valence electrons. The fraction of sp³-hybridized carbons (Fsp3) is 0.190. The summed E-state index contributed by atoms with van der Waals surface area (Å²) < 4.78 is 10.9. The zero-order valence-electron chi connectivity index (χ0n) is 16.2. The highest BCUT2D eigenvalue weighted by Crippen LogP contribution is 2.33. The minimum absolute atomic E-state index is 0.267. The van der Waals surface area contributed by atoms with Gasteiger partial charge in [-0.3, -0.25) is 4.79 Å². The molecule has 1 atom stereocenters. The Balaban J connectivity index is 1.81. The van der Waals surface area contributed by atoms with Crippen LogP contribution in [-0.4, -0.2) is 29.8 Å². The Bertz CT molecular complexity index is 1020. The number of aliphatic imine (C=N–C) groups is 1. The number of carboxylic acid groups (broad SMARTS) is 1. The fourth-order valence-electron chi connectivity index (χ4n) is 2.48. The van der Waals surface area contributed by atoms with Crippen LogP contribution in [0.1, 0.15) is 19.4 Å². The van der Waals surface area contributed by atoms with Crippen molar-refractivity contribution in [3.05, 3.63) is 58.0 Å². The molecular formula is C21H18ClN2O5S-. The second-order valence-electron chi connectivity index (χ2n) is 6.18. The van der Waals surface area contributed by atoms with Crippen LogP contribution in [0.3, 0.4) is 0 Å². The molecule has 1 heterocycles. The van der Waals surface area contributed by atoms with E-state index in [0.29, 0.717) is 38.7 Å². The summed E-state index contributed by atoms with van der Waals surface area (Å²) in [7, 11) is 0. The van der Waals surface area contributed by atoms with Gasteiger partial charge in [0.1, 0.15) is 6.10 Å². The first-order valence-corrected chi connectivity index (χ1v) is 10.2. The Kier molecular flexibility index (Phi) is 7.02. The van der Waals surface area contributed by atoms with Crippen LogP contribution in [0.2, 0.25) is 5.02 Å². The van der Waals surface area contributed by atoms with Crippen LogP contribution in [0, 0.1) is 0 Å². The highest BCUT2D eigenvalue weighted by Gasteiger charge is 2.24. The third-order valence-electron chi connectivity index (χ3n) is 3.91. The van der Waals surface area contributed by atoms with Crippen LogP contribution in [0.5, 0.6) is 11.5 Å². The zero-order chi connectivity index (χ0) is 21.7. The quantitative estimate of drug-likeness (QED) is 0.657. The normalized spacial score (nSPS) is 17.1. The summed E-state index contributed by atoms with van der Waals surface area (Å²) in [6.07, 6.45) is 0.565. The number of rotatable bonds is 7. The van der Waals surface area contributed by atoms with Gasteiger partial charge in [-0.1, -0.05) is 17.7 Å². The molecule has 9 heteroatoms. The van der Waals surface area contributed by atoms with Gasteiger partial charge in [0.2, 0.25) is 0 Å². The number of nitrogens with one attached hydrogen (secondary N) is 1. The maximum Gasteiger partial charge on any atom is 0.264 e. The second kappa shape index (κ2) is 9.69. The van der Waals surface area contributed by atoms with Gasteiger partial charge < -0.3 is 24.7 Å². The number of carboxylic acids is 1. The largest absolute Gasteiger partial charge is 0.546 e. The van der Waals surface area contributed by atoms with E-state index in [2.05, 4.69) is 10.3 Å². The number of aliphatic carboxylic acids is 1. The summed E-state index contributed by atoms with van der Waals surface area (Å²) in [6.45, 7) is 3.54. The van der Waals surface area contributed by atoms with Crippen molar-refractivity contribution in [2.45, 2.75) is 20.0 Å². The number of amidine groups is 1. The van der Waals surface area contributed by atoms with Crippen LogP contribution in [0.4, 0.5) is 5.69 Å². The monoisotopic (exact) mass is 445 g/mol. The van der Waals surface area contributed by atoms with Crippen LogP contribution in [-0.2, 0) is 9.59 Å². The molecule has 0 spiro atoms. The van der Waals surface area contributed by atoms with E-state index in [-0.39, 0.29) is 11.7 Å². The molecule has 0 bridgehead atoms. The molecule has 0 unspecified atom stereocenters. The molecule has 7 nitrogen and oxygen atoms in total. The van der Waals surface area contributed by atoms with Crippen molar-refractivity contribution in [1.82, 2.24) is 5.32 Å². The number of thioether (sulfide) groups is 1. The lowest BCUT2D eigenvalue weighted by molar-refractivity contribution is -0.312. The minimum Gasteiger partial charge on any atom is -0.546 e. The number of ether oxygens (including phenoxy) is 2. The maximum absolute atomic E-state index is 12.3. The van der Waals surface area contributed by atoms with Crippen molar-refractivity contribution in [3.63, 3.8) is 0 Å². The van der Waals surface area contributed by atoms with Crippen LogP contribution < -0.4 is 19.9 Å². The van der Waals surface area contributed by atoms with Gasteiger partial charge in [-0.25, -0.2) is 4.99 Å². The van der Waals surface area contributed by atoms with Gasteiger partial charge in [-0.2, -0.15) is 0 Å². The number of hydrogen-bond donors (Lipinski definition) is 1. The molecule has 1 saturated heterocycles. The zero-order valence-corrected chi connectivity index (χ0v) is 17.8. The van der Waals surface area contributed by atoms with Crippen molar-refractivity contribution in [1.29, 1.82) is 0 Å². The van der Waals surface area contributed by atoms with E-state index in [1.165, 1.54) is 18.7 Å². The number of carbonyl (C=O) groups is 2. The van der Waals surface area contributed by atoms with Crippen molar-refractivity contribution < 1.29 is 24.2 Å². The van der Waals surface area contributed by atoms with Crippen molar-refractivity contribution in [2.24, 2.45) is 4.99 Å². The second-order valence-corrected chi connectivity index (χ2v) is 7.64. The lowest BCUT2D eigenvalue weighted by Crippen LogP contribution is -2.37. The Morgan fingerprint density at radius 1 is 1.27 bits per heavy atom. The fourth-order valence-corrected chi connectivity index (χ4v) is 3.45. The average molecular weight is 446 g/mol. The minimum atomic E-state index is -1.32. The topological polar surface area (TPSA) is 100 Å². The van der Waals surface area contributed by atoms with E-state index >= 15 is 0 Å². The molecule has 1 aliphatic rings. The molecule has 0 aliphatic carbocycles. The third kappa shape index (κ3) is 5.55. The lowest BCUT2D eigenvalue weighted by atomic mass is 10.2. The molecule has 1 aliphatic heterocycles. The smallest absolute Gasteiger partial charge is 0.264 e. The Labute approximate surface area is 182 Å². The van der Waals surface area contributed by atoms with Crippen molar-refractivity contribution in [2.75, 3.05) is 6.61 Å². The summed E-state index contributed by atoms with van der Waals surface area (Å²) in [4.78, 5) is 28.1. The summed E-state index contributed by atoms with van der Waals surface area (Å²) in [5, 5.41) is 14.7. The number of halogens is 1. The molecule has 1 N–H and O–H groups in total. The van der Waals surface area contributed by atoms with E-state index in [1.54, 1.807) is 55.5 Å². The van der Waals surface area contributed by atoms with Crippen molar-refractivity contribution >= 4 is 52.2 Å². The van der Waals surface area contributed by atoms with E-state index < -0.39 is 12.1 Å².